The number of carboxylic acid groups (broad SMARTS) is 1. The zero-order valence-corrected chi connectivity index (χ0v) is 12.2. The van der Waals surface area contributed by atoms with Crippen LogP contribution in [0.3, 0.4) is 0 Å². The van der Waals surface area contributed by atoms with Gasteiger partial charge in [-0.2, -0.15) is 0 Å². The molecule has 2 rings (SSSR count). The summed E-state index contributed by atoms with van der Waals surface area (Å²) in [6, 6.07) is 14.7. The highest BCUT2D eigenvalue weighted by Gasteiger charge is 2.14. The Balaban J connectivity index is 2.23. The van der Waals surface area contributed by atoms with Gasteiger partial charge in [0.15, 0.2) is 0 Å². The monoisotopic (exact) mass is 299 g/mol. The van der Waals surface area contributed by atoms with Crippen molar-refractivity contribution < 1.29 is 19.4 Å². The van der Waals surface area contributed by atoms with Gasteiger partial charge in [0, 0.05) is 0 Å². The van der Waals surface area contributed by atoms with Crippen molar-refractivity contribution in [2.75, 3.05) is 11.9 Å². The molecule has 2 N–H and O–H groups in total. The molecule has 0 aromatic heterocycles. The number of nitrogens with one attached hydrogen (secondary N) is 1. The van der Waals surface area contributed by atoms with Gasteiger partial charge in [-0.05, 0) is 36.6 Å². The van der Waals surface area contributed by atoms with Crippen LogP contribution in [0, 0.1) is 0 Å². The van der Waals surface area contributed by atoms with Crippen LogP contribution in [0.2, 0.25) is 0 Å². The maximum Gasteiger partial charge on any atom is 0.411 e. The third kappa shape index (κ3) is 4.09. The van der Waals surface area contributed by atoms with Gasteiger partial charge in [-0.1, -0.05) is 36.4 Å². The van der Waals surface area contributed by atoms with E-state index in [2.05, 4.69) is 5.32 Å². The van der Waals surface area contributed by atoms with Crippen molar-refractivity contribution >= 4 is 17.7 Å². The molecule has 114 valence electrons. The van der Waals surface area contributed by atoms with Crippen molar-refractivity contribution in [1.29, 1.82) is 0 Å². The summed E-state index contributed by atoms with van der Waals surface area (Å²) >= 11 is 0. The molecule has 0 saturated heterocycles. The molecule has 0 bridgehead atoms. The van der Waals surface area contributed by atoms with Crippen molar-refractivity contribution in [2.45, 2.75) is 13.3 Å². The molecule has 0 heterocycles. The number of amides is 1. The Hall–Kier alpha value is -2.82. The van der Waals surface area contributed by atoms with Crippen molar-refractivity contribution in [3.63, 3.8) is 0 Å². The molecule has 0 atom stereocenters. The Morgan fingerprint density at radius 2 is 1.82 bits per heavy atom. The highest BCUT2D eigenvalue weighted by molar-refractivity contribution is 5.98. The lowest BCUT2D eigenvalue weighted by molar-refractivity contribution is 0.0698. The third-order valence-corrected chi connectivity index (χ3v) is 3.08. The lowest BCUT2D eigenvalue weighted by Crippen LogP contribution is -2.16. The van der Waals surface area contributed by atoms with E-state index < -0.39 is 12.1 Å². The fourth-order valence-corrected chi connectivity index (χ4v) is 2.10. The summed E-state index contributed by atoms with van der Waals surface area (Å²) in [4.78, 5) is 22.8. The number of anilines is 1. The van der Waals surface area contributed by atoms with E-state index in [0.717, 1.165) is 11.1 Å². The molecule has 0 unspecified atom stereocenters. The third-order valence-electron chi connectivity index (χ3n) is 3.08. The van der Waals surface area contributed by atoms with Crippen LogP contribution in [0.5, 0.6) is 0 Å². The van der Waals surface area contributed by atoms with Gasteiger partial charge in [0.2, 0.25) is 0 Å². The average Bonchev–Trinajstić information content (AvgIpc) is 2.50. The number of ether oxygens (including phenoxy) is 1. The van der Waals surface area contributed by atoms with Gasteiger partial charge in [0.05, 0.1) is 17.9 Å². The van der Waals surface area contributed by atoms with E-state index in [4.69, 9.17) is 4.74 Å². The molecule has 2 aromatic rings. The van der Waals surface area contributed by atoms with Crippen LogP contribution >= 0.6 is 0 Å². The second-order valence-corrected chi connectivity index (χ2v) is 4.69. The van der Waals surface area contributed by atoms with E-state index in [-0.39, 0.29) is 17.9 Å². The largest absolute Gasteiger partial charge is 0.478 e. The minimum Gasteiger partial charge on any atom is -0.478 e. The number of benzene rings is 2. The quantitative estimate of drug-likeness (QED) is 0.885. The van der Waals surface area contributed by atoms with Crippen LogP contribution in [0.1, 0.15) is 28.4 Å². The summed E-state index contributed by atoms with van der Waals surface area (Å²) in [5, 5.41) is 11.7. The molecule has 5 nitrogen and oxygen atoms in total. The Kier molecular flexibility index (Phi) is 5.14. The van der Waals surface area contributed by atoms with E-state index in [9.17, 15) is 14.7 Å². The molecule has 0 aliphatic carbocycles. The second kappa shape index (κ2) is 7.26. The van der Waals surface area contributed by atoms with Crippen molar-refractivity contribution in [3.05, 3.63) is 65.2 Å². The number of carboxylic acids is 1. The first-order valence-corrected chi connectivity index (χ1v) is 6.94. The SMILES string of the molecule is CCOC(=O)Nc1ccc(Cc2ccccc2)cc1C(=O)O. The fraction of sp³-hybridized carbons (Fsp3) is 0.176. The minimum absolute atomic E-state index is 0.0430. The normalized spacial score (nSPS) is 10.0. The van der Waals surface area contributed by atoms with Crippen molar-refractivity contribution in [3.8, 4) is 0 Å². The van der Waals surface area contributed by atoms with Crippen molar-refractivity contribution in [1.82, 2.24) is 0 Å². The number of hydrogen-bond acceptors (Lipinski definition) is 3. The first kappa shape index (κ1) is 15.6. The number of carbonyl (C=O) groups excluding carboxylic acids is 1. The van der Waals surface area contributed by atoms with Crippen LogP contribution in [0.15, 0.2) is 48.5 Å². The summed E-state index contributed by atoms with van der Waals surface area (Å²) in [6.07, 6.45) is -0.0401. The standard InChI is InChI=1S/C17H17NO4/c1-2-22-17(21)18-15-9-8-13(11-14(15)16(19)20)10-12-6-4-3-5-7-12/h3-9,11H,2,10H2,1H3,(H,18,21)(H,19,20). The summed E-state index contributed by atoms with van der Waals surface area (Å²) in [7, 11) is 0. The molecule has 0 fully saturated rings. The number of hydrogen-bond donors (Lipinski definition) is 2. The van der Waals surface area contributed by atoms with Crippen molar-refractivity contribution in [2.24, 2.45) is 0 Å². The average molecular weight is 299 g/mol. The highest BCUT2D eigenvalue weighted by atomic mass is 16.5. The minimum atomic E-state index is -1.10. The maximum atomic E-state index is 11.4. The smallest absolute Gasteiger partial charge is 0.411 e. The van der Waals surface area contributed by atoms with E-state index >= 15 is 0 Å². The molecular formula is C17H17NO4. The summed E-state index contributed by atoms with van der Waals surface area (Å²) < 4.78 is 4.76. The Labute approximate surface area is 128 Å². The molecule has 1 amide bonds. The van der Waals surface area contributed by atoms with Crippen LogP contribution in [0.25, 0.3) is 0 Å². The van der Waals surface area contributed by atoms with Gasteiger partial charge in [-0.15, -0.1) is 0 Å². The van der Waals surface area contributed by atoms with E-state index in [1.54, 1.807) is 25.1 Å². The summed E-state index contributed by atoms with van der Waals surface area (Å²) in [5.74, 6) is -1.10. The topological polar surface area (TPSA) is 75.6 Å². The molecule has 0 aliphatic heterocycles. The Morgan fingerprint density at radius 1 is 1.09 bits per heavy atom. The molecule has 2 aromatic carbocycles. The zero-order chi connectivity index (χ0) is 15.9. The van der Waals surface area contributed by atoms with E-state index in [1.807, 2.05) is 30.3 Å². The van der Waals surface area contributed by atoms with Gasteiger partial charge in [0.25, 0.3) is 0 Å². The first-order valence-electron chi connectivity index (χ1n) is 6.94. The van der Waals surface area contributed by atoms with Gasteiger partial charge in [-0.3, -0.25) is 5.32 Å². The summed E-state index contributed by atoms with van der Waals surface area (Å²) in [6.45, 7) is 1.90. The highest BCUT2D eigenvalue weighted by Crippen LogP contribution is 2.20. The van der Waals surface area contributed by atoms with Gasteiger partial charge < -0.3 is 9.84 Å². The molecule has 0 spiro atoms. The molecule has 22 heavy (non-hydrogen) atoms. The van der Waals surface area contributed by atoms with Crippen LogP contribution < -0.4 is 5.32 Å². The number of aromatic carboxylic acids is 1. The molecular weight excluding hydrogens is 282 g/mol. The predicted octanol–water partition coefficient (Wildman–Crippen LogP) is 3.54. The van der Waals surface area contributed by atoms with E-state index in [1.165, 1.54) is 0 Å². The zero-order valence-electron chi connectivity index (χ0n) is 12.2. The predicted molar refractivity (Wildman–Crippen MR) is 83.3 cm³/mol. The second-order valence-electron chi connectivity index (χ2n) is 4.69. The van der Waals surface area contributed by atoms with Crippen LogP contribution in [0.4, 0.5) is 10.5 Å². The first-order chi connectivity index (χ1) is 10.6. The van der Waals surface area contributed by atoms with Gasteiger partial charge >= 0.3 is 12.1 Å². The lowest BCUT2D eigenvalue weighted by atomic mass is 10.0. The number of carbonyl (C=O) groups is 2. The van der Waals surface area contributed by atoms with Crippen LogP contribution in [-0.2, 0) is 11.2 Å². The maximum absolute atomic E-state index is 11.4. The van der Waals surface area contributed by atoms with Crippen LogP contribution in [-0.4, -0.2) is 23.8 Å². The number of rotatable bonds is 5. The summed E-state index contributed by atoms with van der Waals surface area (Å²) in [5.41, 5.74) is 2.21. The molecule has 0 aliphatic rings. The Morgan fingerprint density at radius 3 is 2.45 bits per heavy atom. The molecule has 0 radical (unpaired) electrons. The van der Waals surface area contributed by atoms with Gasteiger partial charge in [-0.25, -0.2) is 9.59 Å². The fourth-order valence-electron chi connectivity index (χ4n) is 2.10. The molecule has 0 saturated carbocycles. The van der Waals surface area contributed by atoms with Gasteiger partial charge in [0.1, 0.15) is 0 Å². The van der Waals surface area contributed by atoms with E-state index in [0.29, 0.717) is 6.42 Å². The Bertz CT molecular complexity index is 668. The molecule has 5 heteroatoms. The lowest BCUT2D eigenvalue weighted by Gasteiger charge is -2.10.